The van der Waals surface area contributed by atoms with E-state index in [1.54, 1.807) is 4.90 Å². The van der Waals surface area contributed by atoms with Crippen LogP contribution in [0.1, 0.15) is 23.5 Å². The van der Waals surface area contributed by atoms with Crippen LogP contribution in [0.15, 0.2) is 61.2 Å². The summed E-state index contributed by atoms with van der Waals surface area (Å²) in [5.74, 6) is -0.969. The summed E-state index contributed by atoms with van der Waals surface area (Å²) in [6.07, 6.45) is -0.850. The molecule has 1 N–H and O–H groups in total. The van der Waals surface area contributed by atoms with Crippen molar-refractivity contribution >= 4 is 21.9 Å². The molecule has 1 unspecified atom stereocenters. The minimum atomic E-state index is -3.17. The zero-order valence-corrected chi connectivity index (χ0v) is 21.6. The monoisotopic (exact) mass is 528 g/mol. The van der Waals surface area contributed by atoms with Crippen molar-refractivity contribution in [2.24, 2.45) is 0 Å². The fourth-order valence-electron chi connectivity index (χ4n) is 4.89. The van der Waals surface area contributed by atoms with Crippen LogP contribution in [-0.2, 0) is 24.1 Å². The summed E-state index contributed by atoms with van der Waals surface area (Å²) in [6, 6.07) is 15.0. The Morgan fingerprint density at radius 2 is 1.65 bits per heavy atom. The van der Waals surface area contributed by atoms with Crippen molar-refractivity contribution in [3.05, 3.63) is 72.3 Å². The van der Waals surface area contributed by atoms with Gasteiger partial charge in [-0.25, -0.2) is 13.2 Å². The van der Waals surface area contributed by atoms with Crippen LogP contribution in [-0.4, -0.2) is 92.5 Å². The SMILES string of the molecule is C=CCOC(=O)C[C@@H](C(O)N1CCS(=O)(=O)CC1)N(C)C(=O)OCC1c2ccccc2-c2ccccc21. The number of benzene rings is 2. The fourth-order valence-corrected chi connectivity index (χ4v) is 6.12. The Balaban J connectivity index is 1.48. The lowest BCUT2D eigenvalue weighted by Crippen LogP contribution is -2.56. The van der Waals surface area contributed by atoms with E-state index in [1.165, 1.54) is 18.0 Å². The minimum Gasteiger partial charge on any atom is -0.461 e. The molecular weight excluding hydrogens is 496 g/mol. The number of likely N-dealkylation sites (N-methyl/N-ethyl adjacent to an activating group) is 1. The molecule has 1 fully saturated rings. The van der Waals surface area contributed by atoms with Crippen LogP contribution in [0.25, 0.3) is 11.1 Å². The predicted molar refractivity (Wildman–Crippen MR) is 139 cm³/mol. The molecule has 0 aromatic heterocycles. The molecule has 1 aliphatic carbocycles. The highest BCUT2D eigenvalue weighted by atomic mass is 32.2. The third-order valence-corrected chi connectivity index (χ3v) is 8.57. The van der Waals surface area contributed by atoms with E-state index in [1.807, 2.05) is 48.5 Å². The second kappa shape index (κ2) is 11.5. The first-order valence-corrected chi connectivity index (χ1v) is 14.0. The number of esters is 1. The number of carbonyl (C=O) groups excluding carboxylic acids is 2. The first-order chi connectivity index (χ1) is 17.7. The van der Waals surface area contributed by atoms with Gasteiger partial charge in [0.1, 0.15) is 19.4 Å². The number of rotatable bonds is 9. The zero-order valence-electron chi connectivity index (χ0n) is 20.8. The van der Waals surface area contributed by atoms with E-state index >= 15 is 0 Å². The summed E-state index contributed by atoms with van der Waals surface area (Å²) < 4.78 is 34.5. The summed E-state index contributed by atoms with van der Waals surface area (Å²) in [4.78, 5) is 28.3. The molecule has 37 heavy (non-hydrogen) atoms. The lowest BCUT2D eigenvalue weighted by Gasteiger charge is -2.38. The molecule has 1 amide bonds. The lowest BCUT2D eigenvalue weighted by atomic mass is 9.98. The number of hydrogen-bond donors (Lipinski definition) is 1. The standard InChI is InChI=1S/C27H32N2O7S/c1-3-14-35-25(30)17-24(26(31)29-12-15-37(33,34)16-13-29)28(2)27(32)36-18-23-21-10-6-4-8-19(21)20-9-5-7-11-22(20)23/h3-11,23-24,26,31H,1,12-18H2,2H3/t24-,26?/m0/s1. The number of fused-ring (bicyclic) bond motifs is 3. The highest BCUT2D eigenvalue weighted by Gasteiger charge is 2.37. The maximum atomic E-state index is 13.2. The van der Waals surface area contributed by atoms with Crippen LogP contribution >= 0.6 is 0 Å². The Kier molecular flexibility index (Phi) is 8.31. The van der Waals surface area contributed by atoms with E-state index in [2.05, 4.69) is 6.58 Å². The first-order valence-electron chi connectivity index (χ1n) is 12.2. The number of aliphatic hydroxyl groups excluding tert-OH is 1. The highest BCUT2D eigenvalue weighted by Crippen LogP contribution is 2.44. The lowest BCUT2D eigenvalue weighted by molar-refractivity contribution is -0.146. The number of hydrogen-bond acceptors (Lipinski definition) is 8. The summed E-state index contributed by atoms with van der Waals surface area (Å²) >= 11 is 0. The first kappa shape index (κ1) is 26.8. The molecule has 198 valence electrons. The van der Waals surface area contributed by atoms with Gasteiger partial charge in [0.2, 0.25) is 0 Å². The fraction of sp³-hybridized carbons (Fsp3) is 0.407. The van der Waals surface area contributed by atoms with Gasteiger partial charge >= 0.3 is 12.1 Å². The van der Waals surface area contributed by atoms with E-state index in [0.717, 1.165) is 22.3 Å². The van der Waals surface area contributed by atoms with Crippen LogP contribution in [0.3, 0.4) is 0 Å². The van der Waals surface area contributed by atoms with Crippen molar-refractivity contribution in [2.75, 3.05) is 44.9 Å². The Labute approximate surface area is 217 Å². The molecule has 2 aliphatic rings. The van der Waals surface area contributed by atoms with Gasteiger partial charge in [0, 0.05) is 26.1 Å². The van der Waals surface area contributed by atoms with Crippen LogP contribution in [0.5, 0.6) is 0 Å². The van der Waals surface area contributed by atoms with E-state index in [9.17, 15) is 23.1 Å². The quantitative estimate of drug-likeness (QED) is 0.390. The number of carbonyl (C=O) groups is 2. The van der Waals surface area contributed by atoms with E-state index in [0.29, 0.717) is 0 Å². The summed E-state index contributed by atoms with van der Waals surface area (Å²) in [6.45, 7) is 3.79. The van der Waals surface area contributed by atoms with Crippen LogP contribution in [0.4, 0.5) is 4.79 Å². The average Bonchev–Trinajstić information content (AvgIpc) is 3.22. The molecule has 0 bridgehead atoms. The van der Waals surface area contributed by atoms with Crippen molar-refractivity contribution < 1.29 is 32.6 Å². The normalized spacial score (nSPS) is 18.2. The largest absolute Gasteiger partial charge is 0.461 e. The second-order valence-electron chi connectivity index (χ2n) is 9.26. The predicted octanol–water partition coefficient (Wildman–Crippen LogP) is 2.40. The molecule has 4 rings (SSSR count). The van der Waals surface area contributed by atoms with Gasteiger partial charge in [-0.05, 0) is 22.3 Å². The molecule has 2 atom stereocenters. The van der Waals surface area contributed by atoms with Crippen LogP contribution < -0.4 is 0 Å². The number of amides is 1. The van der Waals surface area contributed by atoms with Crippen molar-refractivity contribution in [3.8, 4) is 11.1 Å². The van der Waals surface area contributed by atoms with Crippen molar-refractivity contribution in [2.45, 2.75) is 24.6 Å². The molecule has 2 aromatic rings. The summed E-state index contributed by atoms with van der Waals surface area (Å²) in [7, 11) is -1.72. The maximum Gasteiger partial charge on any atom is 0.409 e. The van der Waals surface area contributed by atoms with E-state index < -0.39 is 34.2 Å². The number of aliphatic hydroxyl groups is 1. The molecule has 1 aliphatic heterocycles. The molecule has 0 spiro atoms. The van der Waals surface area contributed by atoms with Gasteiger partial charge < -0.3 is 19.5 Å². The van der Waals surface area contributed by atoms with Crippen molar-refractivity contribution in [1.29, 1.82) is 0 Å². The molecule has 10 heteroatoms. The summed E-state index contributed by atoms with van der Waals surface area (Å²) in [5, 5.41) is 11.1. The molecular formula is C27H32N2O7S. The molecule has 0 radical (unpaired) electrons. The topological polar surface area (TPSA) is 113 Å². The zero-order chi connectivity index (χ0) is 26.6. The Morgan fingerprint density at radius 3 is 2.22 bits per heavy atom. The molecule has 0 saturated carbocycles. The maximum absolute atomic E-state index is 13.2. The Hall–Kier alpha value is -3.21. The molecule has 9 nitrogen and oxygen atoms in total. The van der Waals surface area contributed by atoms with Gasteiger partial charge in [0.15, 0.2) is 9.84 Å². The molecule has 1 heterocycles. The van der Waals surface area contributed by atoms with Crippen molar-refractivity contribution in [1.82, 2.24) is 9.80 Å². The third kappa shape index (κ3) is 6.03. The van der Waals surface area contributed by atoms with Gasteiger partial charge in [-0.2, -0.15) is 0 Å². The summed E-state index contributed by atoms with van der Waals surface area (Å²) in [5.41, 5.74) is 4.34. The van der Waals surface area contributed by atoms with E-state index in [-0.39, 0.29) is 50.1 Å². The molecule has 1 saturated heterocycles. The van der Waals surface area contributed by atoms with Crippen LogP contribution in [0.2, 0.25) is 0 Å². The highest BCUT2D eigenvalue weighted by molar-refractivity contribution is 7.91. The third-order valence-electron chi connectivity index (χ3n) is 6.96. The van der Waals surface area contributed by atoms with E-state index in [4.69, 9.17) is 9.47 Å². The van der Waals surface area contributed by atoms with Gasteiger partial charge in [-0.1, -0.05) is 61.2 Å². The van der Waals surface area contributed by atoms with Gasteiger partial charge in [-0.3, -0.25) is 9.69 Å². The van der Waals surface area contributed by atoms with Crippen LogP contribution in [0, 0.1) is 0 Å². The molecule has 2 aromatic carbocycles. The number of nitrogens with zero attached hydrogens (tertiary/aromatic N) is 2. The van der Waals surface area contributed by atoms with Gasteiger partial charge in [0.25, 0.3) is 0 Å². The van der Waals surface area contributed by atoms with Gasteiger partial charge in [0.05, 0.1) is 24.0 Å². The minimum absolute atomic E-state index is 0.00172. The average molecular weight is 529 g/mol. The second-order valence-corrected chi connectivity index (χ2v) is 11.6. The van der Waals surface area contributed by atoms with Crippen molar-refractivity contribution in [3.63, 3.8) is 0 Å². The Morgan fingerprint density at radius 1 is 1.08 bits per heavy atom. The van der Waals surface area contributed by atoms with Gasteiger partial charge in [-0.15, -0.1) is 0 Å². The smallest absolute Gasteiger partial charge is 0.409 e. The number of sulfone groups is 1. The number of ether oxygens (including phenoxy) is 2. The Bertz CT molecular complexity index is 1200.